The number of fused-ring (bicyclic) bond motifs is 10. The minimum atomic E-state index is 1.15. The van der Waals surface area contributed by atoms with Crippen LogP contribution in [0.5, 0.6) is 0 Å². The standard InChI is InChI=1S/C54H34N2/c1-2-12-37-31-42(28-21-35(37)11-1)56-52-20-10-8-18-47(52)50-33-39(25-30-54(50)56)38-24-29-53-49(32-38)46-17-7-9-19-51(46)55(53)41-26-22-36(23-27-41)48-34-40-13-3-4-14-43(40)44-15-5-6-16-45(44)48/h1-34H. The van der Waals surface area contributed by atoms with Crippen molar-refractivity contribution in [2.75, 3.05) is 0 Å². The zero-order chi connectivity index (χ0) is 36.7. The van der Waals surface area contributed by atoms with Gasteiger partial charge in [-0.15, -0.1) is 0 Å². The average molecular weight is 711 g/mol. The highest BCUT2D eigenvalue weighted by Gasteiger charge is 2.17. The Balaban J connectivity index is 0.978. The molecule has 0 N–H and O–H groups in total. The first-order valence-corrected chi connectivity index (χ1v) is 19.3. The van der Waals surface area contributed by atoms with E-state index in [0.29, 0.717) is 0 Å². The SMILES string of the molecule is c1ccc2cc(-n3c4ccccc4c4cc(-c5ccc6c(c5)c5ccccc5n6-c5ccc(-c6cc7ccccc7c7ccccc67)cc5)ccc43)ccc2c1. The van der Waals surface area contributed by atoms with E-state index in [4.69, 9.17) is 0 Å². The number of aromatic nitrogens is 2. The molecule has 2 heteroatoms. The second-order valence-electron chi connectivity index (χ2n) is 14.9. The van der Waals surface area contributed by atoms with E-state index >= 15 is 0 Å². The molecule has 260 valence electrons. The molecule has 0 fully saturated rings. The van der Waals surface area contributed by atoms with Crippen LogP contribution in [0.25, 0.3) is 110 Å². The van der Waals surface area contributed by atoms with Crippen LogP contribution in [0.2, 0.25) is 0 Å². The van der Waals surface area contributed by atoms with Crippen LogP contribution in [0.15, 0.2) is 206 Å². The van der Waals surface area contributed by atoms with Crippen molar-refractivity contribution in [2.45, 2.75) is 0 Å². The third kappa shape index (κ3) is 4.63. The Morgan fingerprint density at radius 1 is 0.232 bits per heavy atom. The summed E-state index contributed by atoms with van der Waals surface area (Å²) in [6, 6.07) is 75.8. The third-order valence-electron chi connectivity index (χ3n) is 11.9. The Bertz CT molecular complexity index is 3530. The van der Waals surface area contributed by atoms with E-state index < -0.39 is 0 Å². The van der Waals surface area contributed by atoms with Gasteiger partial charge in [0.2, 0.25) is 0 Å². The molecule has 2 nitrogen and oxygen atoms in total. The zero-order valence-electron chi connectivity index (χ0n) is 30.5. The molecule has 0 aliphatic heterocycles. The Morgan fingerprint density at radius 2 is 0.696 bits per heavy atom. The van der Waals surface area contributed by atoms with Crippen LogP contribution < -0.4 is 0 Å². The number of hydrogen-bond donors (Lipinski definition) is 0. The van der Waals surface area contributed by atoms with Crippen LogP contribution in [0.4, 0.5) is 0 Å². The molecule has 0 bridgehead atoms. The third-order valence-corrected chi connectivity index (χ3v) is 11.9. The number of rotatable bonds is 4. The van der Waals surface area contributed by atoms with Crippen molar-refractivity contribution >= 4 is 75.9 Å². The maximum atomic E-state index is 2.41. The van der Waals surface area contributed by atoms with Crippen LogP contribution in [0.1, 0.15) is 0 Å². The van der Waals surface area contributed by atoms with Crippen LogP contribution >= 0.6 is 0 Å². The Morgan fingerprint density at radius 3 is 1.36 bits per heavy atom. The molecule has 0 radical (unpaired) electrons. The van der Waals surface area contributed by atoms with E-state index in [2.05, 4.69) is 215 Å². The average Bonchev–Trinajstić information content (AvgIpc) is 3.78. The molecule has 12 rings (SSSR count). The van der Waals surface area contributed by atoms with Crippen molar-refractivity contribution in [3.8, 4) is 33.6 Å². The summed E-state index contributed by atoms with van der Waals surface area (Å²) in [5, 5.41) is 12.6. The molecule has 12 aromatic rings. The number of hydrogen-bond acceptors (Lipinski definition) is 0. The molecule has 0 saturated heterocycles. The van der Waals surface area contributed by atoms with Gasteiger partial charge in [-0.2, -0.15) is 0 Å². The Labute approximate surface area is 323 Å². The van der Waals surface area contributed by atoms with E-state index in [1.807, 2.05) is 0 Å². The van der Waals surface area contributed by atoms with E-state index in [0.717, 1.165) is 5.69 Å². The van der Waals surface area contributed by atoms with E-state index in [-0.39, 0.29) is 0 Å². The lowest BCUT2D eigenvalue weighted by atomic mass is 9.93. The van der Waals surface area contributed by atoms with E-state index in [1.54, 1.807) is 0 Å². The van der Waals surface area contributed by atoms with Crippen molar-refractivity contribution < 1.29 is 0 Å². The lowest BCUT2D eigenvalue weighted by molar-refractivity contribution is 1.18. The molecule has 0 aliphatic carbocycles. The molecule has 2 heterocycles. The van der Waals surface area contributed by atoms with Crippen LogP contribution in [0.3, 0.4) is 0 Å². The Kier molecular flexibility index (Phi) is 6.66. The summed E-state index contributed by atoms with van der Waals surface area (Å²) in [5.41, 5.74) is 12.1. The summed E-state index contributed by atoms with van der Waals surface area (Å²) in [6.45, 7) is 0. The zero-order valence-corrected chi connectivity index (χ0v) is 30.5. The summed E-state index contributed by atoms with van der Waals surface area (Å²) in [6.07, 6.45) is 0. The van der Waals surface area contributed by atoms with Gasteiger partial charge in [0.15, 0.2) is 0 Å². The predicted octanol–water partition coefficient (Wildman–Crippen LogP) is 14.7. The van der Waals surface area contributed by atoms with Crippen LogP contribution in [-0.2, 0) is 0 Å². The fourth-order valence-corrected chi connectivity index (χ4v) is 9.26. The molecule has 10 aromatic carbocycles. The first kappa shape index (κ1) is 31.0. The van der Waals surface area contributed by atoms with Crippen molar-refractivity contribution in [1.29, 1.82) is 0 Å². The van der Waals surface area contributed by atoms with Crippen LogP contribution in [-0.4, -0.2) is 9.13 Å². The second kappa shape index (κ2) is 12.0. The molecular formula is C54H34N2. The fraction of sp³-hybridized carbons (Fsp3) is 0. The highest BCUT2D eigenvalue weighted by molar-refractivity contribution is 6.15. The first-order valence-electron chi connectivity index (χ1n) is 19.3. The largest absolute Gasteiger partial charge is 0.309 e. The summed E-state index contributed by atoms with van der Waals surface area (Å²) in [5.74, 6) is 0. The summed E-state index contributed by atoms with van der Waals surface area (Å²) >= 11 is 0. The smallest absolute Gasteiger partial charge is 0.0541 e. The minimum Gasteiger partial charge on any atom is -0.309 e. The molecular weight excluding hydrogens is 677 g/mol. The highest BCUT2D eigenvalue weighted by atomic mass is 15.0. The van der Waals surface area contributed by atoms with Gasteiger partial charge in [0.05, 0.1) is 22.1 Å². The summed E-state index contributed by atoms with van der Waals surface area (Å²) in [7, 11) is 0. The van der Waals surface area contributed by atoms with Crippen molar-refractivity contribution in [3.05, 3.63) is 206 Å². The van der Waals surface area contributed by atoms with Crippen molar-refractivity contribution in [2.24, 2.45) is 0 Å². The maximum absolute atomic E-state index is 2.41. The van der Waals surface area contributed by atoms with E-state index in [1.165, 1.54) is 104 Å². The quantitative estimate of drug-likeness (QED) is 0.161. The molecule has 56 heavy (non-hydrogen) atoms. The predicted molar refractivity (Wildman–Crippen MR) is 239 cm³/mol. The van der Waals surface area contributed by atoms with Gasteiger partial charge in [0.1, 0.15) is 0 Å². The molecule has 0 unspecified atom stereocenters. The molecule has 0 atom stereocenters. The molecule has 0 amide bonds. The molecule has 0 aliphatic rings. The van der Waals surface area contributed by atoms with Gasteiger partial charge in [-0.1, -0.05) is 140 Å². The van der Waals surface area contributed by atoms with Crippen LogP contribution in [0, 0.1) is 0 Å². The second-order valence-corrected chi connectivity index (χ2v) is 14.9. The van der Waals surface area contributed by atoms with Crippen molar-refractivity contribution in [3.63, 3.8) is 0 Å². The van der Waals surface area contributed by atoms with Gasteiger partial charge >= 0.3 is 0 Å². The van der Waals surface area contributed by atoms with Gasteiger partial charge in [0, 0.05) is 32.9 Å². The lowest BCUT2D eigenvalue weighted by Crippen LogP contribution is -1.94. The number of para-hydroxylation sites is 2. The normalized spacial score (nSPS) is 11.9. The van der Waals surface area contributed by atoms with Gasteiger partial charge in [-0.25, -0.2) is 0 Å². The first-order chi connectivity index (χ1) is 27.8. The minimum absolute atomic E-state index is 1.15. The lowest BCUT2D eigenvalue weighted by Gasteiger charge is -2.13. The monoisotopic (exact) mass is 710 g/mol. The fourth-order valence-electron chi connectivity index (χ4n) is 9.26. The Hall–Kier alpha value is -7.42. The highest BCUT2D eigenvalue weighted by Crippen LogP contribution is 2.40. The molecule has 0 spiro atoms. The van der Waals surface area contributed by atoms with E-state index in [9.17, 15) is 0 Å². The summed E-state index contributed by atoms with van der Waals surface area (Å²) < 4.78 is 4.82. The number of nitrogens with zero attached hydrogens (tertiary/aromatic N) is 2. The molecule has 2 aromatic heterocycles. The number of benzene rings is 10. The summed E-state index contributed by atoms with van der Waals surface area (Å²) in [4.78, 5) is 0. The van der Waals surface area contributed by atoms with Gasteiger partial charge in [0.25, 0.3) is 0 Å². The topological polar surface area (TPSA) is 9.86 Å². The van der Waals surface area contributed by atoms with Gasteiger partial charge < -0.3 is 9.13 Å². The molecule has 0 saturated carbocycles. The van der Waals surface area contributed by atoms with Gasteiger partial charge in [-0.05, 0) is 121 Å². The van der Waals surface area contributed by atoms with Gasteiger partial charge in [-0.3, -0.25) is 0 Å². The van der Waals surface area contributed by atoms with Crippen molar-refractivity contribution in [1.82, 2.24) is 9.13 Å². The maximum Gasteiger partial charge on any atom is 0.0541 e.